The Labute approximate surface area is 206 Å². The van der Waals surface area contributed by atoms with Crippen molar-refractivity contribution >= 4 is 33.5 Å². The van der Waals surface area contributed by atoms with Gasteiger partial charge in [-0.05, 0) is 48.6 Å². The molecular formula is C25H25ClN8O. The summed E-state index contributed by atoms with van der Waals surface area (Å²) in [7, 11) is 5.44. The second-order valence-electron chi connectivity index (χ2n) is 9.17. The Morgan fingerprint density at radius 2 is 2.03 bits per heavy atom. The molecule has 1 aromatic carbocycles. The number of hydrogen-bond acceptors (Lipinski definition) is 5. The molecule has 0 N–H and O–H groups in total. The van der Waals surface area contributed by atoms with E-state index in [1.54, 1.807) is 35.8 Å². The lowest BCUT2D eigenvalue weighted by atomic mass is 10.1. The zero-order valence-electron chi connectivity index (χ0n) is 19.8. The van der Waals surface area contributed by atoms with E-state index in [2.05, 4.69) is 15.0 Å². The quantitative estimate of drug-likeness (QED) is 0.380. The highest BCUT2D eigenvalue weighted by molar-refractivity contribution is 6.31. The van der Waals surface area contributed by atoms with Crippen LogP contribution < -0.4 is 11.2 Å². The Hall–Kier alpha value is -3.72. The molecule has 178 valence electrons. The van der Waals surface area contributed by atoms with Gasteiger partial charge in [0.2, 0.25) is 0 Å². The van der Waals surface area contributed by atoms with Crippen molar-refractivity contribution < 1.29 is 0 Å². The van der Waals surface area contributed by atoms with Crippen LogP contribution in [0.25, 0.3) is 33.3 Å². The van der Waals surface area contributed by atoms with E-state index in [0.29, 0.717) is 35.2 Å². The number of pyridine rings is 1. The molecular weight excluding hydrogens is 464 g/mol. The second kappa shape index (κ2) is 8.20. The maximum absolute atomic E-state index is 13.3. The molecule has 4 aromatic heterocycles. The third-order valence-electron chi connectivity index (χ3n) is 6.77. The number of nitrogens with zero attached hydrogens (tertiary/aromatic N) is 8. The number of rotatable bonds is 5. The highest BCUT2D eigenvalue weighted by Crippen LogP contribution is 2.32. The zero-order valence-corrected chi connectivity index (χ0v) is 20.6. The smallest absolute Gasteiger partial charge is 0.331 e. The van der Waals surface area contributed by atoms with E-state index in [1.165, 1.54) is 0 Å². The molecule has 0 radical (unpaired) electrons. The van der Waals surface area contributed by atoms with Gasteiger partial charge in [0.25, 0.3) is 0 Å². The van der Waals surface area contributed by atoms with Crippen LogP contribution in [0, 0.1) is 5.92 Å². The molecule has 1 aliphatic rings. The third-order valence-corrected chi connectivity index (χ3v) is 7.01. The lowest BCUT2D eigenvalue weighted by Gasteiger charge is -2.11. The fourth-order valence-electron chi connectivity index (χ4n) is 4.79. The number of fused-ring (bicyclic) bond motifs is 2. The Morgan fingerprint density at radius 1 is 1.20 bits per heavy atom. The minimum atomic E-state index is -0.104. The summed E-state index contributed by atoms with van der Waals surface area (Å²) in [4.78, 5) is 26.7. The second-order valence-corrected chi connectivity index (χ2v) is 9.61. The topological polar surface area (TPSA) is 87.8 Å². The van der Waals surface area contributed by atoms with Crippen LogP contribution in [0.1, 0.15) is 18.4 Å². The SMILES string of the molecule is CN=c1c2c(-c3cncn3C)n(Cc3ccnc4ccc(Cl)cc34)nc2n(CC2CC2)c(=O)n1C. The summed E-state index contributed by atoms with van der Waals surface area (Å²) < 4.78 is 7.34. The first-order valence-electron chi connectivity index (χ1n) is 11.6. The predicted molar refractivity (Wildman–Crippen MR) is 135 cm³/mol. The molecule has 0 spiro atoms. The Kier molecular flexibility index (Phi) is 5.10. The summed E-state index contributed by atoms with van der Waals surface area (Å²) in [6.45, 7) is 1.13. The first kappa shape index (κ1) is 21.8. The van der Waals surface area contributed by atoms with E-state index in [4.69, 9.17) is 16.7 Å². The third kappa shape index (κ3) is 3.58. The first-order chi connectivity index (χ1) is 17.0. The lowest BCUT2D eigenvalue weighted by molar-refractivity contribution is 0.569. The fourth-order valence-corrected chi connectivity index (χ4v) is 4.97. The maximum Gasteiger partial charge on any atom is 0.331 e. The first-order valence-corrected chi connectivity index (χ1v) is 12.0. The molecule has 1 aliphatic carbocycles. The molecule has 10 heteroatoms. The van der Waals surface area contributed by atoms with Gasteiger partial charge in [-0.2, -0.15) is 5.10 Å². The van der Waals surface area contributed by atoms with Crippen molar-refractivity contribution in [3.8, 4) is 11.4 Å². The molecule has 35 heavy (non-hydrogen) atoms. The summed E-state index contributed by atoms with van der Waals surface area (Å²) in [5.74, 6) is 0.511. The number of aromatic nitrogens is 7. The number of imidazole rings is 1. The predicted octanol–water partition coefficient (Wildman–Crippen LogP) is 3.13. The zero-order chi connectivity index (χ0) is 24.3. The molecule has 0 bridgehead atoms. The fraction of sp³-hybridized carbons (Fsp3) is 0.320. The number of halogens is 1. The van der Waals surface area contributed by atoms with Crippen molar-refractivity contribution in [3.63, 3.8) is 0 Å². The summed E-state index contributed by atoms with van der Waals surface area (Å²) in [6, 6.07) is 7.68. The van der Waals surface area contributed by atoms with Gasteiger partial charge in [0.1, 0.15) is 5.49 Å². The summed E-state index contributed by atoms with van der Waals surface area (Å²) >= 11 is 6.33. The van der Waals surface area contributed by atoms with Crippen LogP contribution in [-0.4, -0.2) is 40.5 Å². The monoisotopic (exact) mass is 488 g/mol. The van der Waals surface area contributed by atoms with E-state index in [0.717, 1.165) is 46.1 Å². The van der Waals surface area contributed by atoms with Crippen molar-refractivity contribution in [2.45, 2.75) is 25.9 Å². The van der Waals surface area contributed by atoms with Crippen LogP contribution in [-0.2, 0) is 27.2 Å². The molecule has 0 aliphatic heterocycles. The number of aryl methyl sites for hydroxylation is 1. The van der Waals surface area contributed by atoms with Crippen molar-refractivity contribution in [2.75, 3.05) is 7.05 Å². The van der Waals surface area contributed by atoms with E-state index in [-0.39, 0.29) is 5.69 Å². The van der Waals surface area contributed by atoms with Crippen LogP contribution in [0.15, 0.2) is 52.8 Å². The highest BCUT2D eigenvalue weighted by atomic mass is 35.5. The molecule has 6 rings (SSSR count). The average Bonchev–Trinajstić information content (AvgIpc) is 3.47. The molecule has 9 nitrogen and oxygen atoms in total. The molecule has 0 unspecified atom stereocenters. The largest absolute Gasteiger partial charge is 0.332 e. The van der Waals surface area contributed by atoms with Crippen LogP contribution in [0.4, 0.5) is 0 Å². The lowest BCUT2D eigenvalue weighted by Crippen LogP contribution is -2.39. The van der Waals surface area contributed by atoms with Gasteiger partial charge in [0, 0.05) is 44.3 Å². The van der Waals surface area contributed by atoms with Gasteiger partial charge < -0.3 is 4.57 Å². The van der Waals surface area contributed by atoms with Gasteiger partial charge >= 0.3 is 5.69 Å². The van der Waals surface area contributed by atoms with Gasteiger partial charge in [-0.1, -0.05) is 11.6 Å². The van der Waals surface area contributed by atoms with E-state index in [9.17, 15) is 4.79 Å². The van der Waals surface area contributed by atoms with Crippen LogP contribution in [0.2, 0.25) is 5.02 Å². The van der Waals surface area contributed by atoms with Gasteiger partial charge in [-0.15, -0.1) is 0 Å². The van der Waals surface area contributed by atoms with Crippen LogP contribution in [0.3, 0.4) is 0 Å². The van der Waals surface area contributed by atoms with Crippen molar-refractivity contribution in [3.05, 3.63) is 69.5 Å². The average molecular weight is 489 g/mol. The molecule has 1 fully saturated rings. The normalized spacial score (nSPS) is 14.5. The van der Waals surface area contributed by atoms with Gasteiger partial charge in [0.05, 0.1) is 41.4 Å². The minimum Gasteiger partial charge on any atom is -0.332 e. The van der Waals surface area contributed by atoms with Crippen molar-refractivity contribution in [2.24, 2.45) is 25.0 Å². The molecule has 0 atom stereocenters. The van der Waals surface area contributed by atoms with Gasteiger partial charge in [-0.3, -0.25) is 23.8 Å². The molecule has 0 amide bonds. The van der Waals surface area contributed by atoms with E-state index < -0.39 is 0 Å². The standard InChI is InChI=1S/C25H25ClN8O/c1-27-23-21-22(20-11-28-14-31(20)2)34(13-16-8-9-29-19-7-6-17(26)10-18(16)19)30-24(21)33(12-15-4-5-15)25(35)32(23)3/h6-11,14-15H,4-5,12-13H2,1-3H3. The van der Waals surface area contributed by atoms with Crippen LogP contribution in [0.5, 0.6) is 0 Å². The summed E-state index contributed by atoms with van der Waals surface area (Å²) in [5, 5.41) is 7.50. The number of hydrogen-bond donors (Lipinski definition) is 0. The van der Waals surface area contributed by atoms with Crippen molar-refractivity contribution in [1.82, 2.24) is 33.4 Å². The Morgan fingerprint density at radius 3 is 2.74 bits per heavy atom. The van der Waals surface area contributed by atoms with Crippen molar-refractivity contribution in [1.29, 1.82) is 0 Å². The van der Waals surface area contributed by atoms with E-state index in [1.807, 2.05) is 46.8 Å². The number of benzene rings is 1. The summed E-state index contributed by atoms with van der Waals surface area (Å²) in [5.41, 5.74) is 4.80. The molecule has 5 aromatic rings. The minimum absolute atomic E-state index is 0.104. The Balaban J connectivity index is 1.68. The van der Waals surface area contributed by atoms with E-state index >= 15 is 0 Å². The van der Waals surface area contributed by atoms with Gasteiger partial charge in [-0.25, -0.2) is 9.78 Å². The molecule has 1 saturated carbocycles. The molecule has 4 heterocycles. The maximum atomic E-state index is 13.3. The van der Waals surface area contributed by atoms with Crippen LogP contribution >= 0.6 is 11.6 Å². The van der Waals surface area contributed by atoms with Gasteiger partial charge in [0.15, 0.2) is 5.65 Å². The highest BCUT2D eigenvalue weighted by Gasteiger charge is 2.27. The Bertz CT molecular complexity index is 1730. The summed E-state index contributed by atoms with van der Waals surface area (Å²) in [6.07, 6.45) is 7.66. The molecule has 0 saturated heterocycles.